The number of ether oxygens (including phenoxy) is 2. The van der Waals surface area contributed by atoms with E-state index in [1.807, 2.05) is 31.2 Å². The van der Waals surface area contributed by atoms with E-state index < -0.39 is 33.6 Å². The second-order valence-corrected chi connectivity index (χ2v) is 12.9. The summed E-state index contributed by atoms with van der Waals surface area (Å²) in [7, 11) is -3.81. The van der Waals surface area contributed by atoms with Crippen molar-refractivity contribution < 1.29 is 59.9 Å². The van der Waals surface area contributed by atoms with Crippen LogP contribution in [0, 0.1) is 11.8 Å². The number of fused-ring (bicyclic) bond motifs is 2. The van der Waals surface area contributed by atoms with Gasteiger partial charge in [-0.15, -0.1) is 0 Å². The summed E-state index contributed by atoms with van der Waals surface area (Å²) >= 11 is 0. The number of benzene rings is 2. The number of β-lactam (4-membered cyclic amide) rings is 1. The molecule has 0 radical (unpaired) electrons. The van der Waals surface area contributed by atoms with Gasteiger partial charge in [-0.3, -0.25) is 4.79 Å². The molecular weight excluding hydrogens is 609 g/mol. The van der Waals surface area contributed by atoms with Crippen molar-refractivity contribution in [2.75, 3.05) is 46.5 Å². The monoisotopic (exact) mass is 643 g/mol. The van der Waals surface area contributed by atoms with E-state index in [1.165, 1.54) is 10.5 Å². The number of alkyl halides is 3. The number of morpholine rings is 1. The smallest absolute Gasteiger partial charge is 0.485 e. The predicted molar refractivity (Wildman–Crippen MR) is 148 cm³/mol. The zero-order valence-electron chi connectivity index (χ0n) is 24.4. The van der Waals surface area contributed by atoms with E-state index in [4.69, 9.17) is 22.4 Å². The largest absolute Gasteiger partial charge is 0.741 e. The molecule has 0 saturated carbocycles. The lowest BCUT2D eigenvalue weighted by atomic mass is 9.78. The van der Waals surface area contributed by atoms with E-state index in [0.29, 0.717) is 11.3 Å². The number of rotatable bonds is 8. The third kappa shape index (κ3) is 6.71. The molecule has 15 heteroatoms. The minimum Gasteiger partial charge on any atom is -0.741 e. The number of carboxylic acid groups (broad SMARTS) is 1. The molecule has 1 N–H and O–H groups in total. The third-order valence-electron chi connectivity index (χ3n) is 8.62. The summed E-state index contributed by atoms with van der Waals surface area (Å²) in [5.74, 6) is -1.95. The molecule has 4 atom stereocenters. The molecule has 5 rings (SSSR count). The highest BCUT2D eigenvalue weighted by atomic mass is 32.2. The first-order valence-electron chi connectivity index (χ1n) is 14.0. The Kier molecular flexibility index (Phi) is 9.66. The zero-order valence-corrected chi connectivity index (χ0v) is 25.2. The van der Waals surface area contributed by atoms with Crippen LogP contribution in [-0.2, 0) is 30.9 Å². The second-order valence-electron chi connectivity index (χ2n) is 11.5. The summed E-state index contributed by atoms with van der Waals surface area (Å²) in [6.45, 7) is 8.15. The zero-order chi connectivity index (χ0) is 32.6. The number of hydrogen-bond acceptors (Lipinski definition) is 9. The van der Waals surface area contributed by atoms with E-state index >= 15 is 0 Å². The Morgan fingerprint density at radius 3 is 2.34 bits per heavy atom. The molecule has 2 saturated heterocycles. The molecular formula is C29H34F3N2O9S-. The Bertz CT molecular complexity index is 1550. The molecule has 0 bridgehead atoms. The first-order valence-corrected chi connectivity index (χ1v) is 15.4. The minimum absolute atomic E-state index is 0.0373. The summed E-state index contributed by atoms with van der Waals surface area (Å²) in [6.07, 6.45) is 0.0938. The van der Waals surface area contributed by atoms with Gasteiger partial charge in [-0.1, -0.05) is 37.3 Å². The van der Waals surface area contributed by atoms with Crippen molar-refractivity contribution in [1.29, 1.82) is 0 Å². The Balaban J connectivity index is 0.000000488. The van der Waals surface area contributed by atoms with Crippen LogP contribution in [0.25, 0.3) is 10.8 Å². The SMILES string of the molecule is C[C@@H](O)[C@H]1C(=O)N2C(C(=O)[O-])=C(COc3cccc4c(CC[N+]5(C)CCOCC5)cccc34)[C@H](C)[C@H]12.O=S(=O)([O-])C(F)(F)F. The van der Waals surface area contributed by atoms with Gasteiger partial charge < -0.3 is 38.4 Å². The van der Waals surface area contributed by atoms with Gasteiger partial charge in [0.05, 0.1) is 56.5 Å². The van der Waals surface area contributed by atoms with Crippen LogP contribution in [0.5, 0.6) is 5.75 Å². The van der Waals surface area contributed by atoms with E-state index in [1.54, 1.807) is 6.92 Å². The number of nitrogens with zero attached hydrogens (tertiary/aromatic N) is 2. The van der Waals surface area contributed by atoms with Crippen LogP contribution in [0.1, 0.15) is 19.4 Å². The van der Waals surface area contributed by atoms with Gasteiger partial charge in [-0.25, -0.2) is 8.42 Å². The average Bonchev–Trinajstić information content (AvgIpc) is 3.18. The fraction of sp³-hybridized carbons (Fsp3) is 0.517. The standard InChI is InChI=1S/C28H34N2O6.CHF3O3S/c1-17-22(26(28(33)34)29-25(17)24(18(2)31)27(29)32)16-36-23-9-5-7-20-19(6-4-8-21(20)23)10-11-30(3)12-14-35-15-13-30;2-1(3,4)8(5,6)7/h4-9,17-18,24-25,31H,10-16H2,1-3H3;(H,5,6,7)/p-1/t17-,18+,24+,25+;/m0./s1. The highest BCUT2D eigenvalue weighted by Crippen LogP contribution is 2.47. The lowest BCUT2D eigenvalue weighted by Crippen LogP contribution is -2.64. The number of aliphatic hydroxyl groups excluding tert-OH is 1. The maximum absolute atomic E-state index is 12.6. The molecule has 2 aromatic rings. The van der Waals surface area contributed by atoms with Crippen molar-refractivity contribution >= 4 is 32.8 Å². The quantitative estimate of drug-likeness (QED) is 0.193. The van der Waals surface area contributed by atoms with Crippen molar-refractivity contribution in [2.24, 2.45) is 11.8 Å². The summed E-state index contributed by atoms with van der Waals surface area (Å²) in [4.78, 5) is 25.8. The molecule has 3 heterocycles. The van der Waals surface area contributed by atoms with Gasteiger partial charge in [0.2, 0.25) is 5.91 Å². The number of aliphatic carboxylic acids is 1. The van der Waals surface area contributed by atoms with Crippen LogP contribution in [-0.4, -0.2) is 103 Å². The first-order chi connectivity index (χ1) is 20.5. The van der Waals surface area contributed by atoms with Gasteiger partial charge in [-0.2, -0.15) is 13.2 Å². The number of hydrogen-bond donors (Lipinski definition) is 1. The maximum Gasteiger partial charge on any atom is 0.485 e. The third-order valence-corrected chi connectivity index (χ3v) is 9.19. The van der Waals surface area contributed by atoms with Crippen molar-refractivity contribution in [2.45, 2.75) is 37.9 Å². The van der Waals surface area contributed by atoms with Crippen LogP contribution < -0.4 is 9.84 Å². The van der Waals surface area contributed by atoms with Crippen molar-refractivity contribution in [1.82, 2.24) is 4.90 Å². The lowest BCUT2D eigenvalue weighted by Gasteiger charge is -2.47. The average molecular weight is 644 g/mol. The number of amides is 1. The van der Waals surface area contributed by atoms with E-state index in [0.717, 1.165) is 54.5 Å². The number of carboxylic acids is 1. The molecule has 242 valence electrons. The topological polar surface area (TPSA) is 156 Å². The fourth-order valence-corrected chi connectivity index (χ4v) is 6.07. The van der Waals surface area contributed by atoms with Gasteiger partial charge in [0.1, 0.15) is 25.4 Å². The summed E-state index contributed by atoms with van der Waals surface area (Å²) in [5, 5.41) is 24.1. The molecule has 2 fully saturated rings. The molecule has 11 nitrogen and oxygen atoms in total. The number of quaternary nitrogens is 1. The highest BCUT2D eigenvalue weighted by Gasteiger charge is 2.58. The van der Waals surface area contributed by atoms with Crippen molar-refractivity contribution in [3.8, 4) is 5.75 Å². The molecule has 0 unspecified atom stereocenters. The fourth-order valence-electron chi connectivity index (χ4n) is 6.07. The number of aliphatic hydroxyl groups is 1. The summed E-state index contributed by atoms with van der Waals surface area (Å²) in [5.41, 5.74) is -3.98. The Labute approximate surface area is 252 Å². The van der Waals surface area contributed by atoms with Crippen LogP contribution in [0.15, 0.2) is 47.7 Å². The van der Waals surface area contributed by atoms with Gasteiger partial charge in [0.25, 0.3) is 0 Å². The summed E-state index contributed by atoms with van der Waals surface area (Å²) in [6, 6.07) is 11.8. The molecule has 0 aromatic heterocycles. The van der Waals surface area contributed by atoms with E-state index in [9.17, 15) is 33.0 Å². The number of halogens is 3. The number of likely N-dealkylation sites (N-methyl/N-ethyl adjacent to an activating group) is 1. The number of carbonyl (C=O) groups is 2. The Hall–Kier alpha value is -3.24. The molecule has 2 aromatic carbocycles. The van der Waals surface area contributed by atoms with Crippen LogP contribution in [0.3, 0.4) is 0 Å². The predicted octanol–water partition coefficient (Wildman–Crippen LogP) is 1.15. The number of carbonyl (C=O) groups excluding carboxylic acids is 2. The Morgan fingerprint density at radius 1 is 1.18 bits per heavy atom. The van der Waals surface area contributed by atoms with Crippen LogP contribution in [0.4, 0.5) is 13.2 Å². The van der Waals surface area contributed by atoms with Gasteiger partial charge in [-0.05, 0) is 29.5 Å². The molecule has 44 heavy (non-hydrogen) atoms. The van der Waals surface area contributed by atoms with Gasteiger partial charge >= 0.3 is 5.51 Å². The lowest BCUT2D eigenvalue weighted by molar-refractivity contribution is -0.916. The minimum atomic E-state index is -6.09. The first kappa shape index (κ1) is 33.6. The molecule has 3 aliphatic rings. The van der Waals surface area contributed by atoms with Crippen LogP contribution in [0.2, 0.25) is 0 Å². The van der Waals surface area contributed by atoms with Crippen LogP contribution >= 0.6 is 0 Å². The second kappa shape index (κ2) is 12.6. The Morgan fingerprint density at radius 2 is 1.77 bits per heavy atom. The molecule has 0 aliphatic carbocycles. The van der Waals surface area contributed by atoms with Crippen molar-refractivity contribution in [3.05, 3.63) is 53.2 Å². The summed E-state index contributed by atoms with van der Waals surface area (Å²) < 4.78 is 71.6. The van der Waals surface area contributed by atoms with Crippen molar-refractivity contribution in [3.63, 3.8) is 0 Å². The molecule has 1 amide bonds. The van der Waals surface area contributed by atoms with Gasteiger partial charge in [0, 0.05) is 17.7 Å². The highest BCUT2D eigenvalue weighted by molar-refractivity contribution is 7.86. The molecule has 3 aliphatic heterocycles. The maximum atomic E-state index is 12.6. The van der Waals surface area contributed by atoms with Gasteiger partial charge in [0.15, 0.2) is 10.1 Å². The molecule has 0 spiro atoms. The van der Waals surface area contributed by atoms with E-state index in [-0.39, 0.29) is 30.2 Å². The normalized spacial score (nSPS) is 23.9. The van der Waals surface area contributed by atoms with E-state index in [2.05, 4.69) is 19.2 Å².